The number of pyridine rings is 1. The SMILES string of the molecule is C[C@@H](NC(=O)Cc1cccc(F)c1)c1nc(-c2ccncc2)n[nH]1. The molecule has 0 bridgehead atoms. The summed E-state index contributed by atoms with van der Waals surface area (Å²) < 4.78 is 13.1. The van der Waals surface area contributed by atoms with Crippen LogP contribution in [0.1, 0.15) is 24.4 Å². The Morgan fingerprint density at radius 3 is 2.83 bits per heavy atom. The molecule has 24 heavy (non-hydrogen) atoms. The van der Waals surface area contributed by atoms with Crippen molar-refractivity contribution in [3.05, 3.63) is 66.0 Å². The minimum atomic E-state index is -0.356. The lowest BCUT2D eigenvalue weighted by Gasteiger charge is -2.11. The van der Waals surface area contributed by atoms with Gasteiger partial charge in [0.2, 0.25) is 5.91 Å². The zero-order valence-electron chi connectivity index (χ0n) is 13.0. The molecule has 0 aliphatic heterocycles. The molecule has 3 rings (SSSR count). The van der Waals surface area contributed by atoms with E-state index in [1.165, 1.54) is 12.1 Å². The fourth-order valence-corrected chi connectivity index (χ4v) is 2.29. The first-order chi connectivity index (χ1) is 11.6. The second-order valence-electron chi connectivity index (χ2n) is 5.38. The lowest BCUT2D eigenvalue weighted by molar-refractivity contribution is -0.121. The van der Waals surface area contributed by atoms with Crippen LogP contribution in [0.2, 0.25) is 0 Å². The van der Waals surface area contributed by atoms with Crippen molar-refractivity contribution < 1.29 is 9.18 Å². The summed E-state index contributed by atoms with van der Waals surface area (Å²) in [6.45, 7) is 1.81. The summed E-state index contributed by atoms with van der Waals surface area (Å²) in [5.41, 5.74) is 1.46. The fraction of sp³-hybridized carbons (Fsp3) is 0.176. The summed E-state index contributed by atoms with van der Waals surface area (Å²) in [4.78, 5) is 20.4. The van der Waals surface area contributed by atoms with Gasteiger partial charge in [-0.05, 0) is 36.8 Å². The third-order valence-electron chi connectivity index (χ3n) is 3.48. The Bertz CT molecular complexity index is 834. The van der Waals surface area contributed by atoms with Crippen molar-refractivity contribution in [2.24, 2.45) is 0 Å². The number of benzene rings is 1. The molecule has 0 saturated heterocycles. The summed E-state index contributed by atoms with van der Waals surface area (Å²) in [6.07, 6.45) is 3.43. The summed E-state index contributed by atoms with van der Waals surface area (Å²) in [5, 5.41) is 9.79. The van der Waals surface area contributed by atoms with Crippen molar-refractivity contribution in [2.75, 3.05) is 0 Å². The Morgan fingerprint density at radius 1 is 1.29 bits per heavy atom. The van der Waals surface area contributed by atoms with Crippen molar-refractivity contribution in [1.29, 1.82) is 0 Å². The number of hydrogen-bond donors (Lipinski definition) is 2. The van der Waals surface area contributed by atoms with E-state index in [0.717, 1.165) is 5.56 Å². The molecular weight excluding hydrogens is 309 g/mol. The lowest BCUT2D eigenvalue weighted by Crippen LogP contribution is -2.28. The lowest BCUT2D eigenvalue weighted by atomic mass is 10.1. The van der Waals surface area contributed by atoms with Gasteiger partial charge in [0.15, 0.2) is 5.82 Å². The van der Waals surface area contributed by atoms with Gasteiger partial charge in [-0.15, -0.1) is 0 Å². The smallest absolute Gasteiger partial charge is 0.225 e. The molecule has 7 heteroatoms. The van der Waals surface area contributed by atoms with E-state index in [9.17, 15) is 9.18 Å². The third kappa shape index (κ3) is 3.81. The van der Waals surface area contributed by atoms with Gasteiger partial charge in [-0.3, -0.25) is 14.9 Å². The van der Waals surface area contributed by atoms with Gasteiger partial charge in [0.25, 0.3) is 0 Å². The highest BCUT2D eigenvalue weighted by atomic mass is 19.1. The molecule has 0 aliphatic carbocycles. The number of hydrogen-bond acceptors (Lipinski definition) is 4. The van der Waals surface area contributed by atoms with Crippen LogP contribution >= 0.6 is 0 Å². The highest BCUT2D eigenvalue weighted by Gasteiger charge is 2.15. The van der Waals surface area contributed by atoms with Crippen LogP contribution in [0.15, 0.2) is 48.8 Å². The molecule has 2 N–H and O–H groups in total. The van der Waals surface area contributed by atoms with Crippen molar-refractivity contribution in [3.8, 4) is 11.4 Å². The van der Waals surface area contributed by atoms with Crippen molar-refractivity contribution in [2.45, 2.75) is 19.4 Å². The van der Waals surface area contributed by atoms with Gasteiger partial charge in [-0.2, -0.15) is 5.10 Å². The first kappa shape index (κ1) is 15.8. The predicted molar refractivity (Wildman–Crippen MR) is 86.3 cm³/mol. The maximum Gasteiger partial charge on any atom is 0.225 e. The number of halogens is 1. The van der Waals surface area contributed by atoms with Crippen LogP contribution in [-0.4, -0.2) is 26.1 Å². The molecule has 6 nitrogen and oxygen atoms in total. The first-order valence-electron chi connectivity index (χ1n) is 7.48. The second-order valence-corrected chi connectivity index (χ2v) is 5.38. The largest absolute Gasteiger partial charge is 0.346 e. The van der Waals surface area contributed by atoms with Crippen LogP contribution in [0.3, 0.4) is 0 Å². The molecule has 1 atom stereocenters. The fourth-order valence-electron chi connectivity index (χ4n) is 2.29. The molecule has 0 unspecified atom stereocenters. The third-order valence-corrected chi connectivity index (χ3v) is 3.48. The maximum absolute atomic E-state index is 13.1. The van der Waals surface area contributed by atoms with E-state index in [4.69, 9.17) is 0 Å². The quantitative estimate of drug-likeness (QED) is 0.754. The van der Waals surface area contributed by atoms with Crippen LogP contribution in [0.4, 0.5) is 4.39 Å². The minimum Gasteiger partial charge on any atom is -0.346 e. The predicted octanol–water partition coefficient (Wildman–Crippen LogP) is 2.43. The molecule has 122 valence electrons. The van der Waals surface area contributed by atoms with Gasteiger partial charge in [0.1, 0.15) is 11.6 Å². The van der Waals surface area contributed by atoms with E-state index < -0.39 is 0 Å². The van der Waals surface area contributed by atoms with E-state index in [1.54, 1.807) is 43.6 Å². The van der Waals surface area contributed by atoms with E-state index in [-0.39, 0.29) is 24.2 Å². The second kappa shape index (κ2) is 6.99. The summed E-state index contributed by atoms with van der Waals surface area (Å²) in [5.74, 6) is 0.522. The average Bonchev–Trinajstić information content (AvgIpc) is 3.05. The molecule has 0 radical (unpaired) electrons. The van der Waals surface area contributed by atoms with Gasteiger partial charge in [-0.1, -0.05) is 12.1 Å². The van der Waals surface area contributed by atoms with Gasteiger partial charge in [0.05, 0.1) is 12.5 Å². The van der Waals surface area contributed by atoms with E-state index in [1.807, 2.05) is 0 Å². The minimum absolute atomic E-state index is 0.105. The molecule has 1 amide bonds. The van der Waals surface area contributed by atoms with Gasteiger partial charge < -0.3 is 5.32 Å². The number of nitrogens with one attached hydrogen (secondary N) is 2. The zero-order chi connectivity index (χ0) is 16.9. The van der Waals surface area contributed by atoms with Crippen molar-refractivity contribution in [1.82, 2.24) is 25.5 Å². The Balaban J connectivity index is 1.63. The summed E-state index contributed by atoms with van der Waals surface area (Å²) in [7, 11) is 0. The molecule has 0 aliphatic rings. The highest BCUT2D eigenvalue weighted by molar-refractivity contribution is 5.78. The van der Waals surface area contributed by atoms with E-state index in [2.05, 4.69) is 25.5 Å². The van der Waals surface area contributed by atoms with E-state index in [0.29, 0.717) is 17.2 Å². The molecule has 0 saturated carbocycles. The first-order valence-corrected chi connectivity index (χ1v) is 7.48. The van der Waals surface area contributed by atoms with Crippen molar-refractivity contribution >= 4 is 5.91 Å². The Hall–Kier alpha value is -3.09. The number of nitrogens with zero attached hydrogens (tertiary/aromatic N) is 3. The van der Waals surface area contributed by atoms with E-state index >= 15 is 0 Å². The molecule has 1 aromatic carbocycles. The standard InChI is InChI=1S/C17H16FN5O/c1-11(20-15(24)10-12-3-2-4-14(18)9-12)16-21-17(23-22-16)13-5-7-19-8-6-13/h2-9,11H,10H2,1H3,(H,20,24)(H,21,22,23)/t11-/m1/s1. The molecule has 0 spiro atoms. The summed E-state index contributed by atoms with van der Waals surface area (Å²) in [6, 6.07) is 9.26. The van der Waals surface area contributed by atoms with Crippen LogP contribution in [-0.2, 0) is 11.2 Å². The molecule has 2 aromatic heterocycles. The van der Waals surface area contributed by atoms with Crippen LogP contribution in [0.5, 0.6) is 0 Å². The number of carbonyl (C=O) groups is 1. The Morgan fingerprint density at radius 2 is 2.08 bits per heavy atom. The Labute approximate surface area is 138 Å². The number of aromatic amines is 1. The number of amides is 1. The number of aromatic nitrogens is 4. The van der Waals surface area contributed by atoms with Crippen molar-refractivity contribution in [3.63, 3.8) is 0 Å². The maximum atomic E-state index is 13.1. The molecular formula is C17H16FN5O. The van der Waals surface area contributed by atoms with Crippen LogP contribution in [0, 0.1) is 5.82 Å². The summed E-state index contributed by atoms with van der Waals surface area (Å²) >= 11 is 0. The number of carbonyl (C=O) groups excluding carboxylic acids is 1. The normalized spacial score (nSPS) is 11.9. The van der Waals surface area contributed by atoms with Gasteiger partial charge >= 0.3 is 0 Å². The topological polar surface area (TPSA) is 83.6 Å². The van der Waals surface area contributed by atoms with Gasteiger partial charge in [-0.25, -0.2) is 9.37 Å². The average molecular weight is 325 g/mol. The molecule has 3 aromatic rings. The number of rotatable bonds is 5. The van der Waals surface area contributed by atoms with Crippen LogP contribution < -0.4 is 5.32 Å². The van der Waals surface area contributed by atoms with Gasteiger partial charge in [0, 0.05) is 18.0 Å². The zero-order valence-corrected chi connectivity index (χ0v) is 13.0. The monoisotopic (exact) mass is 325 g/mol. The molecule has 0 fully saturated rings. The molecule has 2 heterocycles. The number of H-pyrrole nitrogens is 1. The van der Waals surface area contributed by atoms with Crippen LogP contribution in [0.25, 0.3) is 11.4 Å². The highest BCUT2D eigenvalue weighted by Crippen LogP contribution is 2.15. The Kier molecular flexibility index (Phi) is 4.60.